The van der Waals surface area contributed by atoms with Gasteiger partial charge in [0.2, 0.25) is 0 Å². The summed E-state index contributed by atoms with van der Waals surface area (Å²) in [6, 6.07) is 8.44. The van der Waals surface area contributed by atoms with Crippen molar-refractivity contribution in [2.45, 2.75) is 26.3 Å². The Balaban J connectivity index is 2.00. The van der Waals surface area contributed by atoms with Crippen LogP contribution in [0.5, 0.6) is 0 Å². The maximum absolute atomic E-state index is 12.4. The molecule has 0 saturated carbocycles. The molecule has 0 aromatic heterocycles. The number of carbonyl (C=O) groups is 1. The highest BCUT2D eigenvalue weighted by Crippen LogP contribution is 2.20. The number of aryl methyl sites for hydroxylation is 1. The molecular weight excluding hydrogens is 250 g/mol. The van der Waals surface area contributed by atoms with Crippen LogP contribution in [0.25, 0.3) is 0 Å². The van der Waals surface area contributed by atoms with Gasteiger partial charge in [0.1, 0.15) is 0 Å². The van der Waals surface area contributed by atoms with Crippen molar-refractivity contribution < 1.29 is 4.79 Å². The second-order valence-corrected chi connectivity index (χ2v) is 5.56. The van der Waals surface area contributed by atoms with Crippen molar-refractivity contribution in [2.24, 2.45) is 0 Å². The number of hydrogen-bond donors (Lipinski definition) is 1. The second-order valence-electron chi connectivity index (χ2n) is 5.56. The van der Waals surface area contributed by atoms with Gasteiger partial charge in [-0.1, -0.05) is 31.2 Å². The third-order valence-electron chi connectivity index (χ3n) is 4.06. The molecule has 1 saturated heterocycles. The minimum absolute atomic E-state index is 0.0632. The number of nitrogens with zero attached hydrogens (tertiary/aromatic N) is 2. The fourth-order valence-corrected chi connectivity index (χ4v) is 2.63. The van der Waals surface area contributed by atoms with Gasteiger partial charge in [-0.15, -0.1) is 0 Å². The summed E-state index contributed by atoms with van der Waals surface area (Å²) in [4.78, 5) is 16.5. The lowest BCUT2D eigenvalue weighted by Gasteiger charge is -2.33. The van der Waals surface area contributed by atoms with Crippen LogP contribution in [0.15, 0.2) is 24.3 Å². The Hall–Kier alpha value is -1.55. The summed E-state index contributed by atoms with van der Waals surface area (Å²) >= 11 is 0. The van der Waals surface area contributed by atoms with Gasteiger partial charge in [-0.2, -0.15) is 0 Å². The van der Waals surface area contributed by atoms with Gasteiger partial charge in [-0.3, -0.25) is 0 Å². The number of rotatable bonds is 3. The lowest BCUT2D eigenvalue weighted by Crippen LogP contribution is -2.51. The molecule has 20 heavy (non-hydrogen) atoms. The van der Waals surface area contributed by atoms with Gasteiger partial charge in [0.25, 0.3) is 0 Å². The van der Waals surface area contributed by atoms with E-state index in [4.69, 9.17) is 0 Å². The molecule has 1 fully saturated rings. The van der Waals surface area contributed by atoms with Gasteiger partial charge in [0.05, 0.1) is 6.04 Å². The Morgan fingerprint density at radius 3 is 2.50 bits per heavy atom. The van der Waals surface area contributed by atoms with E-state index in [9.17, 15) is 4.79 Å². The summed E-state index contributed by atoms with van der Waals surface area (Å²) in [6.45, 7) is 7.74. The summed E-state index contributed by atoms with van der Waals surface area (Å²) in [6.07, 6.45) is 0.907. The Morgan fingerprint density at radius 2 is 1.90 bits per heavy atom. The van der Waals surface area contributed by atoms with Gasteiger partial charge in [0.15, 0.2) is 0 Å². The van der Waals surface area contributed by atoms with Crippen LogP contribution in [0.4, 0.5) is 4.79 Å². The Labute approximate surface area is 121 Å². The van der Waals surface area contributed by atoms with Gasteiger partial charge in [-0.25, -0.2) is 4.79 Å². The fourth-order valence-electron chi connectivity index (χ4n) is 2.63. The molecule has 4 heteroatoms. The van der Waals surface area contributed by atoms with Crippen LogP contribution in [0.3, 0.4) is 0 Å². The average Bonchev–Trinajstić information content (AvgIpc) is 2.46. The number of urea groups is 1. The molecule has 110 valence electrons. The molecule has 0 aliphatic carbocycles. The Kier molecular flexibility index (Phi) is 5.01. The zero-order valence-corrected chi connectivity index (χ0v) is 12.7. The molecule has 1 N–H and O–H groups in total. The molecule has 1 atom stereocenters. The first kappa shape index (κ1) is 14.9. The number of amides is 2. The molecule has 4 nitrogen and oxygen atoms in total. The molecule has 0 spiro atoms. The predicted molar refractivity (Wildman–Crippen MR) is 81.8 cm³/mol. The fraction of sp³-hybridized carbons (Fsp3) is 0.562. The smallest absolute Gasteiger partial charge is 0.317 e. The minimum atomic E-state index is 0.0632. The highest BCUT2D eigenvalue weighted by molar-refractivity contribution is 5.75. The van der Waals surface area contributed by atoms with Crippen LogP contribution in [0, 0.1) is 6.92 Å². The van der Waals surface area contributed by atoms with E-state index in [0.29, 0.717) is 0 Å². The van der Waals surface area contributed by atoms with Crippen molar-refractivity contribution >= 4 is 6.03 Å². The van der Waals surface area contributed by atoms with Gasteiger partial charge < -0.3 is 15.1 Å². The normalized spacial score (nSPS) is 17.9. The minimum Gasteiger partial charge on any atom is -0.331 e. The largest absolute Gasteiger partial charge is 0.331 e. The molecular formula is C16H25N3O. The predicted octanol–water partition coefficient (Wildman–Crippen LogP) is 2.40. The molecule has 2 amide bonds. The number of carbonyl (C=O) groups excluding carboxylic acids is 1. The average molecular weight is 275 g/mol. The molecule has 0 radical (unpaired) electrons. The molecule has 0 bridgehead atoms. The van der Waals surface area contributed by atoms with E-state index in [1.165, 1.54) is 11.1 Å². The summed E-state index contributed by atoms with van der Waals surface area (Å²) in [5, 5.41) is 3.18. The van der Waals surface area contributed by atoms with Crippen molar-refractivity contribution in [1.29, 1.82) is 0 Å². The third kappa shape index (κ3) is 3.51. The Bertz CT molecular complexity index is 453. The van der Waals surface area contributed by atoms with E-state index in [2.05, 4.69) is 43.2 Å². The summed E-state index contributed by atoms with van der Waals surface area (Å²) in [5.41, 5.74) is 2.45. The number of hydrogen-bond acceptors (Lipinski definition) is 2. The van der Waals surface area contributed by atoms with Crippen molar-refractivity contribution in [1.82, 2.24) is 15.1 Å². The zero-order valence-electron chi connectivity index (χ0n) is 12.7. The van der Waals surface area contributed by atoms with Crippen molar-refractivity contribution in [3.05, 3.63) is 35.4 Å². The molecule has 1 aliphatic rings. The van der Waals surface area contributed by atoms with Crippen molar-refractivity contribution in [2.75, 3.05) is 33.2 Å². The lowest BCUT2D eigenvalue weighted by atomic mass is 9.99. The van der Waals surface area contributed by atoms with E-state index in [-0.39, 0.29) is 12.1 Å². The van der Waals surface area contributed by atoms with Crippen LogP contribution in [0.1, 0.15) is 30.5 Å². The number of piperazine rings is 1. The number of nitrogens with one attached hydrogen (secondary N) is 1. The van der Waals surface area contributed by atoms with Crippen molar-refractivity contribution in [3.63, 3.8) is 0 Å². The van der Waals surface area contributed by atoms with E-state index in [1.807, 2.05) is 17.0 Å². The first-order valence-electron chi connectivity index (χ1n) is 7.41. The summed E-state index contributed by atoms with van der Waals surface area (Å²) < 4.78 is 0. The molecule has 2 rings (SSSR count). The SMILES string of the molecule is CCC(NC(=O)N1CCN(C)CC1)c1ccccc1C. The van der Waals surface area contributed by atoms with E-state index in [0.717, 1.165) is 32.6 Å². The third-order valence-corrected chi connectivity index (χ3v) is 4.06. The molecule has 1 aliphatic heterocycles. The van der Waals surface area contributed by atoms with Crippen LogP contribution in [-0.4, -0.2) is 49.1 Å². The number of benzene rings is 1. The van der Waals surface area contributed by atoms with Crippen LogP contribution in [0.2, 0.25) is 0 Å². The maximum Gasteiger partial charge on any atom is 0.317 e. The van der Waals surface area contributed by atoms with Crippen LogP contribution in [-0.2, 0) is 0 Å². The molecule has 1 heterocycles. The Morgan fingerprint density at radius 1 is 1.25 bits per heavy atom. The topological polar surface area (TPSA) is 35.6 Å². The lowest BCUT2D eigenvalue weighted by molar-refractivity contribution is 0.151. The van der Waals surface area contributed by atoms with Crippen LogP contribution >= 0.6 is 0 Å². The molecule has 1 aromatic rings. The maximum atomic E-state index is 12.4. The quantitative estimate of drug-likeness (QED) is 0.919. The highest BCUT2D eigenvalue weighted by Gasteiger charge is 2.22. The van der Waals surface area contributed by atoms with Crippen LogP contribution < -0.4 is 5.32 Å². The monoisotopic (exact) mass is 275 g/mol. The van der Waals surface area contributed by atoms with E-state index in [1.54, 1.807) is 0 Å². The summed E-state index contributed by atoms with van der Waals surface area (Å²) in [7, 11) is 2.09. The standard InChI is InChI=1S/C16H25N3O/c1-4-15(14-8-6-5-7-13(14)2)17-16(20)19-11-9-18(3)10-12-19/h5-8,15H,4,9-12H2,1-3H3,(H,17,20). The van der Waals surface area contributed by atoms with E-state index >= 15 is 0 Å². The molecule has 1 aromatic carbocycles. The number of likely N-dealkylation sites (N-methyl/N-ethyl adjacent to an activating group) is 1. The van der Waals surface area contributed by atoms with Gasteiger partial charge in [-0.05, 0) is 31.5 Å². The molecule has 1 unspecified atom stereocenters. The first-order chi connectivity index (χ1) is 9.61. The zero-order chi connectivity index (χ0) is 14.5. The van der Waals surface area contributed by atoms with Gasteiger partial charge >= 0.3 is 6.03 Å². The van der Waals surface area contributed by atoms with Gasteiger partial charge in [0, 0.05) is 26.2 Å². The van der Waals surface area contributed by atoms with Crippen molar-refractivity contribution in [3.8, 4) is 0 Å². The second kappa shape index (κ2) is 6.75. The highest BCUT2D eigenvalue weighted by atomic mass is 16.2. The van der Waals surface area contributed by atoms with E-state index < -0.39 is 0 Å². The summed E-state index contributed by atoms with van der Waals surface area (Å²) in [5.74, 6) is 0. The first-order valence-corrected chi connectivity index (χ1v) is 7.41.